The monoisotopic (exact) mass is 459 g/mol. The number of benzene rings is 1. The van der Waals surface area contributed by atoms with Crippen molar-refractivity contribution >= 4 is 16.7 Å². The Hall–Kier alpha value is -3.82. The van der Waals surface area contributed by atoms with Crippen molar-refractivity contribution in [2.75, 3.05) is 5.32 Å². The number of halogens is 5. The molecule has 0 aliphatic heterocycles. The summed E-state index contributed by atoms with van der Waals surface area (Å²) in [4.78, 5) is 7.89. The predicted molar refractivity (Wildman–Crippen MR) is 114 cm³/mol. The number of nitrogens with zero attached hydrogens (tertiary/aromatic N) is 3. The van der Waals surface area contributed by atoms with Gasteiger partial charge in [-0.2, -0.15) is 18.3 Å². The molecular formula is C23H18F5N5. The van der Waals surface area contributed by atoms with Crippen LogP contribution >= 0.6 is 0 Å². The maximum Gasteiger partial charge on any atom is 0.418 e. The van der Waals surface area contributed by atoms with Crippen molar-refractivity contribution in [3.8, 4) is 11.1 Å². The third-order valence-corrected chi connectivity index (χ3v) is 5.16. The molecule has 0 aliphatic carbocycles. The zero-order chi connectivity index (χ0) is 23.9. The van der Waals surface area contributed by atoms with E-state index in [-0.39, 0.29) is 34.6 Å². The number of allylic oxidation sites excluding steroid dienone is 1. The minimum Gasteiger partial charge on any atom is -0.358 e. The minimum atomic E-state index is -4.56. The number of alkyl halides is 3. The van der Waals surface area contributed by atoms with Crippen LogP contribution in [0.5, 0.6) is 0 Å². The van der Waals surface area contributed by atoms with Crippen molar-refractivity contribution in [2.24, 2.45) is 0 Å². The predicted octanol–water partition coefficient (Wildman–Crippen LogP) is 6.10. The average Bonchev–Trinajstić information content (AvgIpc) is 3.11. The molecule has 0 amide bonds. The van der Waals surface area contributed by atoms with Gasteiger partial charge in [0.15, 0.2) is 5.65 Å². The third kappa shape index (κ3) is 4.55. The Morgan fingerprint density at radius 3 is 2.52 bits per heavy atom. The number of aryl methyl sites for hydroxylation is 2. The van der Waals surface area contributed by atoms with E-state index in [1.807, 2.05) is 0 Å². The van der Waals surface area contributed by atoms with Crippen LogP contribution in [0.1, 0.15) is 22.5 Å². The maximum atomic E-state index is 14.8. The van der Waals surface area contributed by atoms with Crippen molar-refractivity contribution < 1.29 is 22.0 Å². The minimum absolute atomic E-state index is 0.00149. The number of anilines is 1. The van der Waals surface area contributed by atoms with Gasteiger partial charge in [0.05, 0.1) is 17.4 Å². The van der Waals surface area contributed by atoms with E-state index >= 15 is 0 Å². The molecule has 0 unspecified atom stereocenters. The van der Waals surface area contributed by atoms with Crippen LogP contribution in [0.25, 0.3) is 22.2 Å². The van der Waals surface area contributed by atoms with E-state index in [2.05, 4.69) is 32.1 Å². The molecule has 10 heteroatoms. The van der Waals surface area contributed by atoms with Gasteiger partial charge >= 0.3 is 6.18 Å². The number of hydrogen-bond donors (Lipinski definition) is 2. The summed E-state index contributed by atoms with van der Waals surface area (Å²) in [7, 11) is 0. The molecule has 0 saturated carbocycles. The average molecular weight is 459 g/mol. The SMILES string of the molecule is C=C(Cc1cc(F)c(-c2cnc3n[nH]c(C)c3c2)cc1F)Nc1cnc(C)c(C(F)(F)F)c1. The Labute approximate surface area is 185 Å². The summed E-state index contributed by atoms with van der Waals surface area (Å²) in [6.07, 6.45) is -2.08. The van der Waals surface area contributed by atoms with Crippen LogP contribution < -0.4 is 5.32 Å². The molecule has 0 bridgehead atoms. The summed E-state index contributed by atoms with van der Waals surface area (Å²) in [6, 6.07) is 4.67. The van der Waals surface area contributed by atoms with Gasteiger partial charge in [-0.15, -0.1) is 0 Å². The van der Waals surface area contributed by atoms with Crippen molar-refractivity contribution in [1.82, 2.24) is 20.2 Å². The highest BCUT2D eigenvalue weighted by Gasteiger charge is 2.33. The lowest BCUT2D eigenvalue weighted by atomic mass is 10.0. The highest BCUT2D eigenvalue weighted by atomic mass is 19.4. The molecule has 0 atom stereocenters. The van der Waals surface area contributed by atoms with E-state index < -0.39 is 23.4 Å². The molecule has 4 aromatic rings. The molecule has 4 rings (SSSR count). The van der Waals surface area contributed by atoms with Gasteiger partial charge in [-0.05, 0) is 43.7 Å². The van der Waals surface area contributed by atoms with Gasteiger partial charge < -0.3 is 5.32 Å². The summed E-state index contributed by atoms with van der Waals surface area (Å²) in [5.74, 6) is -1.35. The Morgan fingerprint density at radius 1 is 1.03 bits per heavy atom. The van der Waals surface area contributed by atoms with Gasteiger partial charge in [0, 0.05) is 46.2 Å². The van der Waals surface area contributed by atoms with Gasteiger partial charge in [0.25, 0.3) is 0 Å². The number of hydrogen-bond acceptors (Lipinski definition) is 4. The number of H-pyrrole nitrogens is 1. The number of fused-ring (bicyclic) bond motifs is 1. The number of aromatic amines is 1. The first-order valence-electron chi connectivity index (χ1n) is 9.80. The van der Waals surface area contributed by atoms with Gasteiger partial charge in [-0.25, -0.2) is 13.8 Å². The summed E-state index contributed by atoms with van der Waals surface area (Å²) in [6.45, 7) is 6.76. The second-order valence-corrected chi connectivity index (χ2v) is 7.63. The molecule has 3 aromatic heterocycles. The molecule has 0 aliphatic rings. The van der Waals surface area contributed by atoms with Crippen LogP contribution in [0.4, 0.5) is 27.6 Å². The molecule has 170 valence electrons. The summed E-state index contributed by atoms with van der Waals surface area (Å²) < 4.78 is 68.9. The molecule has 33 heavy (non-hydrogen) atoms. The second kappa shape index (κ2) is 8.27. The Balaban J connectivity index is 1.56. The van der Waals surface area contributed by atoms with E-state index in [0.29, 0.717) is 16.6 Å². The third-order valence-electron chi connectivity index (χ3n) is 5.16. The topological polar surface area (TPSA) is 66.5 Å². The van der Waals surface area contributed by atoms with Gasteiger partial charge in [0.1, 0.15) is 11.6 Å². The quantitative estimate of drug-likeness (QED) is 0.354. The van der Waals surface area contributed by atoms with E-state index in [1.165, 1.54) is 19.3 Å². The first-order valence-corrected chi connectivity index (χ1v) is 9.80. The lowest BCUT2D eigenvalue weighted by Crippen LogP contribution is -2.11. The lowest BCUT2D eigenvalue weighted by Gasteiger charge is -2.15. The fraction of sp³-hybridized carbons (Fsp3) is 0.174. The molecular weight excluding hydrogens is 441 g/mol. The molecule has 2 N–H and O–H groups in total. The Morgan fingerprint density at radius 2 is 1.79 bits per heavy atom. The molecule has 0 radical (unpaired) electrons. The van der Waals surface area contributed by atoms with Crippen LogP contribution in [-0.4, -0.2) is 20.2 Å². The van der Waals surface area contributed by atoms with Crippen LogP contribution in [-0.2, 0) is 12.6 Å². The number of nitrogens with one attached hydrogen (secondary N) is 2. The largest absolute Gasteiger partial charge is 0.418 e. The first kappa shape index (κ1) is 22.4. The van der Waals surface area contributed by atoms with E-state index in [0.717, 1.165) is 23.9 Å². The number of pyridine rings is 2. The molecule has 0 spiro atoms. The second-order valence-electron chi connectivity index (χ2n) is 7.63. The highest BCUT2D eigenvalue weighted by Crippen LogP contribution is 2.33. The van der Waals surface area contributed by atoms with Gasteiger partial charge in [-0.3, -0.25) is 10.1 Å². The van der Waals surface area contributed by atoms with Crippen LogP contribution in [0, 0.1) is 25.5 Å². The summed E-state index contributed by atoms with van der Waals surface area (Å²) in [5, 5.41) is 10.2. The fourth-order valence-corrected chi connectivity index (χ4v) is 3.48. The van der Waals surface area contributed by atoms with Crippen LogP contribution in [0.2, 0.25) is 0 Å². The van der Waals surface area contributed by atoms with Crippen LogP contribution in [0.15, 0.2) is 48.9 Å². The normalized spacial score (nSPS) is 11.7. The number of aromatic nitrogens is 4. The van der Waals surface area contributed by atoms with Crippen LogP contribution in [0.3, 0.4) is 0 Å². The number of rotatable bonds is 5. The lowest BCUT2D eigenvalue weighted by molar-refractivity contribution is -0.138. The first-order chi connectivity index (χ1) is 15.5. The Bertz CT molecular complexity index is 1370. The van der Waals surface area contributed by atoms with Gasteiger partial charge in [-0.1, -0.05) is 6.58 Å². The zero-order valence-electron chi connectivity index (χ0n) is 17.6. The Kier molecular flexibility index (Phi) is 5.61. The summed E-state index contributed by atoms with van der Waals surface area (Å²) in [5.41, 5.74) is 0.801. The fourth-order valence-electron chi connectivity index (χ4n) is 3.48. The maximum absolute atomic E-state index is 14.8. The molecule has 0 fully saturated rings. The molecule has 0 saturated heterocycles. The molecule has 1 aromatic carbocycles. The molecule has 3 heterocycles. The summed E-state index contributed by atoms with van der Waals surface area (Å²) >= 11 is 0. The van der Waals surface area contributed by atoms with Crippen molar-refractivity contribution in [3.05, 3.63) is 83.1 Å². The zero-order valence-corrected chi connectivity index (χ0v) is 17.6. The van der Waals surface area contributed by atoms with E-state index in [4.69, 9.17) is 0 Å². The van der Waals surface area contributed by atoms with Crippen molar-refractivity contribution in [1.29, 1.82) is 0 Å². The standard InChI is InChI=1S/C23H18F5N5/c1-11(31-16-7-19(23(26,27)28)13(3)29-10-16)4-14-6-21(25)18(8-20(14)24)15-5-17-12(2)32-33-22(17)30-9-15/h5-10,31H,1,4H2,2-3H3,(H,30,32,33). The molecule has 5 nitrogen and oxygen atoms in total. The van der Waals surface area contributed by atoms with Crippen molar-refractivity contribution in [3.63, 3.8) is 0 Å². The van der Waals surface area contributed by atoms with E-state index in [1.54, 1.807) is 13.0 Å². The van der Waals surface area contributed by atoms with E-state index in [9.17, 15) is 22.0 Å². The van der Waals surface area contributed by atoms with Crippen molar-refractivity contribution in [2.45, 2.75) is 26.4 Å². The van der Waals surface area contributed by atoms with Gasteiger partial charge in [0.2, 0.25) is 0 Å². The highest BCUT2D eigenvalue weighted by molar-refractivity contribution is 5.83. The smallest absolute Gasteiger partial charge is 0.358 e.